The molecular formula is C11H14ClNO3. The van der Waals surface area contributed by atoms with E-state index in [2.05, 4.69) is 0 Å². The van der Waals surface area contributed by atoms with Crippen molar-refractivity contribution in [2.24, 2.45) is 0 Å². The molecule has 0 fully saturated rings. The van der Waals surface area contributed by atoms with Gasteiger partial charge in [-0.3, -0.25) is 10.1 Å². The number of halogens is 1. The van der Waals surface area contributed by atoms with Crippen molar-refractivity contribution in [3.63, 3.8) is 0 Å². The summed E-state index contributed by atoms with van der Waals surface area (Å²) in [5.74, 6) is 0.401. The highest BCUT2D eigenvalue weighted by Crippen LogP contribution is 2.33. The first-order valence-electron chi connectivity index (χ1n) is 4.93. The van der Waals surface area contributed by atoms with E-state index in [0.29, 0.717) is 11.3 Å². The van der Waals surface area contributed by atoms with E-state index in [1.54, 1.807) is 12.1 Å². The molecule has 0 saturated heterocycles. The summed E-state index contributed by atoms with van der Waals surface area (Å²) in [6.07, 6.45) is 0. The summed E-state index contributed by atoms with van der Waals surface area (Å²) in [7, 11) is 1.48. The zero-order valence-electron chi connectivity index (χ0n) is 9.44. The third-order valence-electron chi connectivity index (χ3n) is 2.61. The van der Waals surface area contributed by atoms with Gasteiger partial charge in [0.2, 0.25) is 0 Å². The second-order valence-corrected chi connectivity index (χ2v) is 4.34. The summed E-state index contributed by atoms with van der Waals surface area (Å²) in [5, 5.41) is 10.8. The van der Waals surface area contributed by atoms with Crippen LogP contribution < -0.4 is 4.74 Å². The maximum atomic E-state index is 10.9. The average Bonchev–Trinajstić information content (AvgIpc) is 2.26. The second-order valence-electron chi connectivity index (χ2n) is 3.65. The highest BCUT2D eigenvalue weighted by molar-refractivity contribution is 6.20. The Morgan fingerprint density at radius 3 is 2.50 bits per heavy atom. The SMILES string of the molecule is COc1ccc(C(C)C(C)Cl)c([N+](=O)[O-])c1. The van der Waals surface area contributed by atoms with E-state index in [4.69, 9.17) is 16.3 Å². The lowest BCUT2D eigenvalue weighted by Gasteiger charge is -2.14. The van der Waals surface area contributed by atoms with Crippen molar-refractivity contribution in [2.75, 3.05) is 7.11 Å². The first-order valence-corrected chi connectivity index (χ1v) is 5.37. The first-order chi connectivity index (χ1) is 7.47. The van der Waals surface area contributed by atoms with Gasteiger partial charge in [-0.25, -0.2) is 0 Å². The molecule has 0 aliphatic rings. The minimum atomic E-state index is -0.409. The molecule has 16 heavy (non-hydrogen) atoms. The lowest BCUT2D eigenvalue weighted by Crippen LogP contribution is -2.08. The number of hydrogen-bond acceptors (Lipinski definition) is 3. The fraction of sp³-hybridized carbons (Fsp3) is 0.455. The van der Waals surface area contributed by atoms with Crippen LogP contribution in [0.25, 0.3) is 0 Å². The van der Waals surface area contributed by atoms with Crippen molar-refractivity contribution >= 4 is 17.3 Å². The van der Waals surface area contributed by atoms with Gasteiger partial charge in [-0.2, -0.15) is 0 Å². The Balaban J connectivity index is 3.23. The third kappa shape index (κ3) is 2.64. The topological polar surface area (TPSA) is 52.4 Å². The van der Waals surface area contributed by atoms with Gasteiger partial charge in [0, 0.05) is 16.9 Å². The van der Waals surface area contributed by atoms with Gasteiger partial charge in [0.05, 0.1) is 18.1 Å². The maximum absolute atomic E-state index is 10.9. The van der Waals surface area contributed by atoms with Gasteiger partial charge >= 0.3 is 0 Å². The number of nitrogens with zero attached hydrogens (tertiary/aromatic N) is 1. The standard InChI is InChI=1S/C11H14ClNO3/c1-7(8(2)12)10-5-4-9(16-3)6-11(10)13(14)15/h4-8H,1-3H3. The molecule has 0 N–H and O–H groups in total. The number of ether oxygens (including phenoxy) is 1. The molecule has 1 aromatic carbocycles. The molecule has 0 bridgehead atoms. The Hall–Kier alpha value is -1.29. The molecule has 1 aromatic rings. The molecule has 0 amide bonds. The zero-order valence-corrected chi connectivity index (χ0v) is 10.2. The predicted octanol–water partition coefficient (Wildman–Crippen LogP) is 3.33. The van der Waals surface area contributed by atoms with Crippen molar-refractivity contribution in [3.8, 4) is 5.75 Å². The molecule has 0 heterocycles. The third-order valence-corrected chi connectivity index (χ3v) is 2.99. The molecule has 0 aromatic heterocycles. The number of nitro benzene ring substituents is 1. The van der Waals surface area contributed by atoms with Crippen LogP contribution in [0.1, 0.15) is 25.3 Å². The van der Waals surface area contributed by atoms with Crippen LogP contribution in [-0.2, 0) is 0 Å². The quantitative estimate of drug-likeness (QED) is 0.463. The minimum absolute atomic E-state index is 0.0550. The van der Waals surface area contributed by atoms with Gasteiger partial charge < -0.3 is 4.74 Å². The molecule has 0 spiro atoms. The van der Waals surface area contributed by atoms with Crippen molar-refractivity contribution in [1.82, 2.24) is 0 Å². The summed E-state index contributed by atoms with van der Waals surface area (Å²) < 4.78 is 4.96. The van der Waals surface area contributed by atoms with Crippen LogP contribution in [0.3, 0.4) is 0 Å². The maximum Gasteiger partial charge on any atom is 0.276 e. The van der Waals surface area contributed by atoms with Crippen LogP contribution in [-0.4, -0.2) is 17.4 Å². The summed E-state index contributed by atoms with van der Waals surface area (Å²) in [6.45, 7) is 3.69. The number of rotatable bonds is 4. The molecule has 1 rings (SSSR count). The summed E-state index contributed by atoms with van der Waals surface area (Å²) in [6, 6.07) is 4.82. The van der Waals surface area contributed by atoms with E-state index in [1.165, 1.54) is 13.2 Å². The number of alkyl halides is 1. The molecular weight excluding hydrogens is 230 g/mol. The van der Waals surface area contributed by atoms with Crippen molar-refractivity contribution in [1.29, 1.82) is 0 Å². The number of benzene rings is 1. The van der Waals surface area contributed by atoms with Gasteiger partial charge in [-0.05, 0) is 19.1 Å². The predicted molar refractivity (Wildman–Crippen MR) is 63.4 cm³/mol. The average molecular weight is 244 g/mol. The van der Waals surface area contributed by atoms with E-state index in [1.807, 2.05) is 13.8 Å². The lowest BCUT2D eigenvalue weighted by molar-refractivity contribution is -0.385. The van der Waals surface area contributed by atoms with Crippen LogP contribution in [0, 0.1) is 10.1 Å². The van der Waals surface area contributed by atoms with E-state index >= 15 is 0 Å². The molecule has 88 valence electrons. The molecule has 0 aliphatic carbocycles. The van der Waals surface area contributed by atoms with E-state index < -0.39 is 4.92 Å². The molecule has 4 nitrogen and oxygen atoms in total. The molecule has 0 radical (unpaired) electrons. The Morgan fingerprint density at radius 1 is 1.44 bits per heavy atom. The number of hydrogen-bond donors (Lipinski definition) is 0. The summed E-state index contributed by atoms with van der Waals surface area (Å²) in [5.41, 5.74) is 0.688. The normalized spacial score (nSPS) is 14.2. The summed E-state index contributed by atoms with van der Waals surface area (Å²) >= 11 is 5.96. The van der Waals surface area contributed by atoms with Crippen LogP contribution >= 0.6 is 11.6 Å². The smallest absolute Gasteiger partial charge is 0.276 e. The monoisotopic (exact) mass is 243 g/mol. The molecule has 2 unspecified atom stereocenters. The van der Waals surface area contributed by atoms with Gasteiger partial charge in [-0.15, -0.1) is 11.6 Å². The van der Waals surface area contributed by atoms with Crippen LogP contribution in [0.5, 0.6) is 5.75 Å². The molecule has 0 saturated carbocycles. The van der Waals surface area contributed by atoms with Crippen LogP contribution in [0.4, 0.5) is 5.69 Å². The fourth-order valence-electron chi connectivity index (χ4n) is 1.44. The Labute approximate surface area is 99.3 Å². The molecule has 0 aliphatic heterocycles. The van der Waals surface area contributed by atoms with E-state index in [-0.39, 0.29) is 17.0 Å². The van der Waals surface area contributed by atoms with Gasteiger partial charge in [0.15, 0.2) is 0 Å². The van der Waals surface area contributed by atoms with Crippen LogP contribution in [0.2, 0.25) is 0 Å². The first kappa shape index (κ1) is 12.8. The number of nitro groups is 1. The molecule has 2 atom stereocenters. The highest BCUT2D eigenvalue weighted by atomic mass is 35.5. The highest BCUT2D eigenvalue weighted by Gasteiger charge is 2.22. The van der Waals surface area contributed by atoms with E-state index in [0.717, 1.165) is 0 Å². The van der Waals surface area contributed by atoms with Gasteiger partial charge in [0.25, 0.3) is 5.69 Å². The second kappa shape index (κ2) is 5.16. The lowest BCUT2D eigenvalue weighted by atomic mass is 9.96. The Bertz CT molecular complexity index is 393. The van der Waals surface area contributed by atoms with Gasteiger partial charge in [-0.1, -0.05) is 6.92 Å². The Kier molecular flexibility index (Phi) is 4.12. The van der Waals surface area contributed by atoms with Crippen molar-refractivity contribution in [2.45, 2.75) is 25.1 Å². The summed E-state index contributed by atoms with van der Waals surface area (Å²) in [4.78, 5) is 10.5. The van der Waals surface area contributed by atoms with Crippen molar-refractivity contribution in [3.05, 3.63) is 33.9 Å². The minimum Gasteiger partial charge on any atom is -0.497 e. The van der Waals surface area contributed by atoms with E-state index in [9.17, 15) is 10.1 Å². The van der Waals surface area contributed by atoms with Crippen LogP contribution in [0.15, 0.2) is 18.2 Å². The van der Waals surface area contributed by atoms with Crippen molar-refractivity contribution < 1.29 is 9.66 Å². The molecule has 5 heteroatoms. The largest absolute Gasteiger partial charge is 0.497 e. The fourth-order valence-corrected chi connectivity index (χ4v) is 1.58. The Morgan fingerprint density at radius 2 is 2.06 bits per heavy atom. The number of methoxy groups -OCH3 is 1. The zero-order chi connectivity index (χ0) is 12.3. The van der Waals surface area contributed by atoms with Gasteiger partial charge in [0.1, 0.15) is 5.75 Å².